The molecular formula is C12H13FN2O3. The van der Waals surface area contributed by atoms with Crippen LogP contribution in [0.1, 0.15) is 19.2 Å². The van der Waals surface area contributed by atoms with Gasteiger partial charge in [0.2, 0.25) is 11.7 Å². The Morgan fingerprint density at radius 1 is 1.44 bits per heavy atom. The van der Waals surface area contributed by atoms with Gasteiger partial charge in [0.15, 0.2) is 11.6 Å². The smallest absolute Gasteiger partial charge is 0.227 e. The Morgan fingerprint density at radius 3 is 2.89 bits per heavy atom. The number of aliphatic hydroxyl groups is 1. The van der Waals surface area contributed by atoms with E-state index in [1.807, 2.05) is 0 Å². The molecule has 1 aromatic carbocycles. The lowest BCUT2D eigenvalue weighted by molar-refractivity contribution is 0.180. The topological polar surface area (TPSA) is 79.4 Å². The number of rotatable bonds is 4. The number of benzene rings is 1. The lowest BCUT2D eigenvalue weighted by Crippen LogP contribution is -2.01. The molecule has 0 aliphatic heterocycles. The maximum Gasteiger partial charge on any atom is 0.227 e. The van der Waals surface area contributed by atoms with Gasteiger partial charge >= 0.3 is 0 Å². The highest BCUT2D eigenvalue weighted by Gasteiger charge is 2.11. The Hall–Kier alpha value is -1.95. The maximum absolute atomic E-state index is 13.2. The second-order valence-electron chi connectivity index (χ2n) is 4.07. The average Bonchev–Trinajstić information content (AvgIpc) is 2.79. The number of aryl methyl sites for hydroxylation is 1. The number of hydrogen-bond donors (Lipinski definition) is 2. The van der Waals surface area contributed by atoms with E-state index in [4.69, 9.17) is 14.7 Å². The van der Waals surface area contributed by atoms with Crippen LogP contribution in [0.2, 0.25) is 0 Å². The average molecular weight is 252 g/mol. The molecule has 2 rings (SSSR count). The Morgan fingerprint density at radius 2 is 2.22 bits per heavy atom. The first-order valence-corrected chi connectivity index (χ1v) is 5.56. The summed E-state index contributed by atoms with van der Waals surface area (Å²) in [5, 5.41) is 21.9. The van der Waals surface area contributed by atoms with E-state index >= 15 is 0 Å². The van der Waals surface area contributed by atoms with Crippen molar-refractivity contribution in [2.75, 3.05) is 0 Å². The first-order valence-electron chi connectivity index (χ1n) is 5.56. The minimum Gasteiger partial charge on any atom is -0.505 e. The van der Waals surface area contributed by atoms with Gasteiger partial charge in [0, 0.05) is 12.0 Å². The lowest BCUT2D eigenvalue weighted by Gasteiger charge is -1.98. The fourth-order valence-corrected chi connectivity index (χ4v) is 1.45. The van der Waals surface area contributed by atoms with Crippen molar-refractivity contribution >= 4 is 0 Å². The van der Waals surface area contributed by atoms with E-state index in [9.17, 15) is 4.39 Å². The highest BCUT2D eigenvalue weighted by atomic mass is 19.1. The molecule has 2 aromatic rings. The third-order valence-corrected chi connectivity index (χ3v) is 2.45. The van der Waals surface area contributed by atoms with Crippen molar-refractivity contribution in [3.05, 3.63) is 29.9 Å². The zero-order chi connectivity index (χ0) is 13.1. The summed E-state index contributed by atoms with van der Waals surface area (Å²) >= 11 is 0. The summed E-state index contributed by atoms with van der Waals surface area (Å²) in [5.74, 6) is -0.506. The molecule has 2 N–H and O–H groups in total. The fraction of sp³-hybridized carbons (Fsp3) is 0.333. The Bertz CT molecular complexity index is 540. The van der Waals surface area contributed by atoms with Crippen LogP contribution in [0.4, 0.5) is 4.39 Å². The Kier molecular flexibility index (Phi) is 3.57. The molecule has 1 heterocycles. The van der Waals surface area contributed by atoms with E-state index in [1.165, 1.54) is 12.1 Å². The molecule has 1 unspecified atom stereocenters. The summed E-state index contributed by atoms with van der Waals surface area (Å²) in [6.45, 7) is 1.67. The van der Waals surface area contributed by atoms with Crippen LogP contribution in [-0.4, -0.2) is 26.5 Å². The fourth-order valence-electron chi connectivity index (χ4n) is 1.45. The third kappa shape index (κ3) is 2.84. The molecule has 0 amide bonds. The minimum absolute atomic E-state index is 0.259. The highest BCUT2D eigenvalue weighted by Crippen LogP contribution is 2.22. The number of phenols is 1. The molecule has 5 nitrogen and oxygen atoms in total. The maximum atomic E-state index is 13.2. The molecule has 0 radical (unpaired) electrons. The molecule has 0 fully saturated rings. The van der Waals surface area contributed by atoms with Crippen LogP contribution in [-0.2, 0) is 6.42 Å². The van der Waals surface area contributed by atoms with Crippen LogP contribution in [0, 0.1) is 5.82 Å². The van der Waals surface area contributed by atoms with Crippen LogP contribution in [0.25, 0.3) is 11.4 Å². The molecule has 0 spiro atoms. The normalized spacial score (nSPS) is 12.6. The molecule has 0 aliphatic carbocycles. The third-order valence-electron chi connectivity index (χ3n) is 2.45. The summed E-state index contributed by atoms with van der Waals surface area (Å²) in [7, 11) is 0. The molecule has 18 heavy (non-hydrogen) atoms. The molecule has 0 saturated heterocycles. The van der Waals surface area contributed by atoms with Gasteiger partial charge in [0.25, 0.3) is 0 Å². The van der Waals surface area contributed by atoms with Crippen molar-refractivity contribution in [2.24, 2.45) is 0 Å². The van der Waals surface area contributed by atoms with E-state index in [1.54, 1.807) is 6.92 Å². The van der Waals surface area contributed by atoms with Gasteiger partial charge in [-0.05, 0) is 31.5 Å². The van der Waals surface area contributed by atoms with Crippen molar-refractivity contribution in [3.63, 3.8) is 0 Å². The zero-order valence-corrected chi connectivity index (χ0v) is 9.80. The van der Waals surface area contributed by atoms with Gasteiger partial charge in [0.1, 0.15) is 0 Å². The van der Waals surface area contributed by atoms with Crippen molar-refractivity contribution in [1.82, 2.24) is 10.1 Å². The van der Waals surface area contributed by atoms with Gasteiger partial charge in [-0.25, -0.2) is 4.39 Å². The van der Waals surface area contributed by atoms with Gasteiger partial charge < -0.3 is 14.7 Å². The van der Waals surface area contributed by atoms with Crippen LogP contribution in [0.3, 0.4) is 0 Å². The van der Waals surface area contributed by atoms with Crippen LogP contribution in [0.15, 0.2) is 22.7 Å². The van der Waals surface area contributed by atoms with Gasteiger partial charge in [-0.15, -0.1) is 0 Å². The van der Waals surface area contributed by atoms with E-state index in [0.29, 0.717) is 24.3 Å². The number of aromatic nitrogens is 2. The number of aromatic hydroxyl groups is 1. The van der Waals surface area contributed by atoms with E-state index < -0.39 is 17.7 Å². The highest BCUT2D eigenvalue weighted by molar-refractivity contribution is 5.55. The molecule has 0 aliphatic rings. The molecule has 0 saturated carbocycles. The monoisotopic (exact) mass is 252 g/mol. The lowest BCUT2D eigenvalue weighted by atomic mass is 10.2. The zero-order valence-electron chi connectivity index (χ0n) is 9.80. The van der Waals surface area contributed by atoms with E-state index in [2.05, 4.69) is 10.1 Å². The first kappa shape index (κ1) is 12.5. The summed E-state index contributed by atoms with van der Waals surface area (Å²) in [4.78, 5) is 4.09. The number of nitrogens with zero attached hydrogens (tertiary/aromatic N) is 2. The second kappa shape index (κ2) is 5.14. The van der Waals surface area contributed by atoms with Crippen molar-refractivity contribution < 1.29 is 19.1 Å². The largest absolute Gasteiger partial charge is 0.505 e. The van der Waals surface area contributed by atoms with Crippen molar-refractivity contribution in [2.45, 2.75) is 25.9 Å². The summed E-state index contributed by atoms with van der Waals surface area (Å²) in [6.07, 6.45) is 0.544. The second-order valence-corrected chi connectivity index (χ2v) is 4.07. The van der Waals surface area contributed by atoms with Gasteiger partial charge in [-0.1, -0.05) is 5.16 Å². The SMILES string of the molecule is CC(O)CCc1nc(-c2ccc(O)c(F)c2)no1. The number of aliphatic hydroxyl groups excluding tert-OH is 1. The van der Waals surface area contributed by atoms with Gasteiger partial charge in [0.05, 0.1) is 6.10 Å². The first-order chi connectivity index (χ1) is 8.56. The summed E-state index contributed by atoms with van der Waals surface area (Å²) in [6, 6.07) is 3.87. The number of halogens is 1. The van der Waals surface area contributed by atoms with Gasteiger partial charge in [-0.3, -0.25) is 0 Å². The van der Waals surface area contributed by atoms with E-state index in [0.717, 1.165) is 6.07 Å². The van der Waals surface area contributed by atoms with Crippen molar-refractivity contribution in [1.29, 1.82) is 0 Å². The quantitative estimate of drug-likeness (QED) is 0.868. The van der Waals surface area contributed by atoms with E-state index in [-0.39, 0.29) is 5.82 Å². The molecule has 0 bridgehead atoms. The molecule has 1 atom stereocenters. The molecule has 96 valence electrons. The Labute approximate surface area is 103 Å². The number of hydrogen-bond acceptors (Lipinski definition) is 5. The number of phenolic OH excluding ortho intramolecular Hbond substituents is 1. The minimum atomic E-state index is -0.733. The summed E-state index contributed by atoms with van der Waals surface area (Å²) in [5.41, 5.74) is 0.428. The van der Waals surface area contributed by atoms with Crippen LogP contribution in [0.5, 0.6) is 5.75 Å². The van der Waals surface area contributed by atoms with Crippen LogP contribution >= 0.6 is 0 Å². The molecular weight excluding hydrogens is 239 g/mol. The molecule has 1 aromatic heterocycles. The standard InChI is InChI=1S/C12H13FN2O3/c1-7(16)2-5-11-14-12(15-18-11)8-3-4-10(17)9(13)6-8/h3-4,6-7,16-17H,2,5H2,1H3. The summed E-state index contributed by atoms with van der Waals surface area (Å²) < 4.78 is 18.1. The van der Waals surface area contributed by atoms with Crippen molar-refractivity contribution in [3.8, 4) is 17.1 Å². The predicted molar refractivity (Wildman–Crippen MR) is 61.4 cm³/mol. The predicted octanol–water partition coefficient (Wildman–Crippen LogP) is 1.89. The Balaban J connectivity index is 2.16. The van der Waals surface area contributed by atoms with Gasteiger partial charge in [-0.2, -0.15) is 4.98 Å². The van der Waals surface area contributed by atoms with Crippen LogP contribution < -0.4 is 0 Å². The molecule has 6 heteroatoms.